The molecule has 2 rings (SSSR count). The molecular formula is C12H9N3. The van der Waals surface area contributed by atoms with Gasteiger partial charge in [0, 0.05) is 11.8 Å². The van der Waals surface area contributed by atoms with Gasteiger partial charge in [0.05, 0.1) is 16.9 Å². The molecule has 0 unspecified atom stereocenters. The summed E-state index contributed by atoms with van der Waals surface area (Å²) in [6.45, 7) is 0. The van der Waals surface area contributed by atoms with Gasteiger partial charge in [0.25, 0.3) is 0 Å². The molecule has 0 spiro atoms. The van der Waals surface area contributed by atoms with Gasteiger partial charge in [0.2, 0.25) is 0 Å². The van der Waals surface area contributed by atoms with E-state index in [0.29, 0.717) is 11.3 Å². The van der Waals surface area contributed by atoms with Gasteiger partial charge < -0.3 is 5.73 Å². The lowest BCUT2D eigenvalue weighted by atomic mass is 10.1. The van der Waals surface area contributed by atoms with Crippen LogP contribution in [0.5, 0.6) is 0 Å². The second kappa shape index (κ2) is 3.81. The second-order valence-corrected chi connectivity index (χ2v) is 3.14. The van der Waals surface area contributed by atoms with Crippen LogP contribution in [-0.4, -0.2) is 4.98 Å². The number of rotatable bonds is 1. The third-order valence-corrected chi connectivity index (χ3v) is 2.09. The molecule has 1 aromatic heterocycles. The van der Waals surface area contributed by atoms with Gasteiger partial charge in [-0.2, -0.15) is 5.26 Å². The first kappa shape index (κ1) is 9.22. The lowest BCUT2D eigenvalue weighted by Gasteiger charge is -2.04. The average molecular weight is 195 g/mol. The highest BCUT2D eigenvalue weighted by Gasteiger charge is 2.04. The predicted octanol–water partition coefficient (Wildman–Crippen LogP) is 2.20. The highest BCUT2D eigenvalue weighted by atomic mass is 14.7. The van der Waals surface area contributed by atoms with E-state index in [9.17, 15) is 0 Å². The summed E-state index contributed by atoms with van der Waals surface area (Å²) >= 11 is 0. The molecule has 0 atom stereocenters. The number of benzene rings is 1. The summed E-state index contributed by atoms with van der Waals surface area (Å²) in [5.41, 5.74) is 8.50. The lowest BCUT2D eigenvalue weighted by Crippen LogP contribution is -1.94. The first-order valence-corrected chi connectivity index (χ1v) is 4.52. The number of nitrogens with zero attached hydrogens (tertiary/aromatic N) is 2. The third kappa shape index (κ3) is 1.79. The van der Waals surface area contributed by atoms with Crippen LogP contribution in [0, 0.1) is 11.3 Å². The van der Waals surface area contributed by atoms with E-state index in [1.54, 1.807) is 6.07 Å². The smallest absolute Gasteiger partial charge is 0.101 e. The summed E-state index contributed by atoms with van der Waals surface area (Å²) in [5.74, 6) is 0. The number of anilines is 1. The largest absolute Gasteiger partial charge is 0.397 e. The summed E-state index contributed by atoms with van der Waals surface area (Å²) < 4.78 is 0. The highest BCUT2D eigenvalue weighted by molar-refractivity contribution is 5.73. The molecule has 15 heavy (non-hydrogen) atoms. The summed E-state index contributed by atoms with van der Waals surface area (Å²) in [4.78, 5) is 4.17. The zero-order chi connectivity index (χ0) is 10.7. The van der Waals surface area contributed by atoms with Gasteiger partial charge in [-0.1, -0.05) is 30.3 Å². The number of hydrogen-bond donors (Lipinski definition) is 1. The molecule has 72 valence electrons. The Bertz CT molecular complexity index is 512. The molecule has 0 saturated heterocycles. The summed E-state index contributed by atoms with van der Waals surface area (Å²) in [7, 11) is 0. The number of nitrogens with two attached hydrogens (primary N) is 1. The zero-order valence-electron chi connectivity index (χ0n) is 8.01. The summed E-state index contributed by atoms with van der Waals surface area (Å²) in [6.07, 6.45) is 1.53. The van der Waals surface area contributed by atoms with Gasteiger partial charge in [0.15, 0.2) is 0 Å². The lowest BCUT2D eigenvalue weighted by molar-refractivity contribution is 1.30. The van der Waals surface area contributed by atoms with Gasteiger partial charge >= 0.3 is 0 Å². The fourth-order valence-corrected chi connectivity index (χ4v) is 1.38. The van der Waals surface area contributed by atoms with Crippen molar-refractivity contribution in [3.63, 3.8) is 0 Å². The van der Waals surface area contributed by atoms with Gasteiger partial charge in [-0.3, -0.25) is 4.98 Å². The molecule has 0 bridgehead atoms. The fraction of sp³-hybridized carbons (Fsp3) is 0. The molecule has 0 radical (unpaired) electrons. The minimum Gasteiger partial charge on any atom is -0.397 e. The number of nitrogen functional groups attached to an aromatic ring is 1. The maximum absolute atomic E-state index is 8.68. The van der Waals surface area contributed by atoms with Crippen LogP contribution in [0.25, 0.3) is 11.3 Å². The fourth-order valence-electron chi connectivity index (χ4n) is 1.38. The number of hydrogen-bond acceptors (Lipinski definition) is 3. The Balaban J connectivity index is 2.52. The van der Waals surface area contributed by atoms with Gasteiger partial charge in [-0.05, 0) is 6.07 Å². The predicted molar refractivity (Wildman–Crippen MR) is 58.8 cm³/mol. The minimum atomic E-state index is 0.479. The number of pyridine rings is 1. The average Bonchev–Trinajstić information content (AvgIpc) is 2.30. The summed E-state index contributed by atoms with van der Waals surface area (Å²) in [6, 6.07) is 13.3. The Hall–Kier alpha value is -2.34. The van der Waals surface area contributed by atoms with E-state index < -0.39 is 0 Å². The molecule has 0 aliphatic heterocycles. The van der Waals surface area contributed by atoms with Crippen LogP contribution in [0.2, 0.25) is 0 Å². The normalized spacial score (nSPS) is 9.53. The van der Waals surface area contributed by atoms with Gasteiger partial charge in [-0.25, -0.2) is 0 Å². The number of aromatic nitrogens is 1. The van der Waals surface area contributed by atoms with Crippen molar-refractivity contribution in [3.05, 3.63) is 48.2 Å². The topological polar surface area (TPSA) is 62.7 Å². The molecular weight excluding hydrogens is 186 g/mol. The van der Waals surface area contributed by atoms with Gasteiger partial charge in [0.1, 0.15) is 6.07 Å². The molecule has 3 nitrogen and oxygen atoms in total. The van der Waals surface area contributed by atoms with Crippen LogP contribution in [0.1, 0.15) is 5.56 Å². The second-order valence-electron chi connectivity index (χ2n) is 3.14. The SMILES string of the molecule is N#Cc1cnc(-c2ccccc2)c(N)c1. The molecule has 2 aromatic rings. The maximum atomic E-state index is 8.68. The van der Waals surface area contributed by atoms with E-state index in [-0.39, 0.29) is 0 Å². The Morgan fingerprint density at radius 2 is 1.93 bits per heavy atom. The van der Waals surface area contributed by atoms with E-state index >= 15 is 0 Å². The van der Waals surface area contributed by atoms with Crippen molar-refractivity contribution in [2.75, 3.05) is 5.73 Å². The van der Waals surface area contributed by atoms with Crippen LogP contribution in [0.3, 0.4) is 0 Å². The van der Waals surface area contributed by atoms with E-state index in [1.165, 1.54) is 6.20 Å². The number of nitriles is 1. The molecule has 1 aromatic carbocycles. The molecule has 2 N–H and O–H groups in total. The van der Waals surface area contributed by atoms with Crippen LogP contribution in [0.4, 0.5) is 5.69 Å². The quantitative estimate of drug-likeness (QED) is 0.758. The van der Waals surface area contributed by atoms with E-state index in [2.05, 4.69) is 4.98 Å². The van der Waals surface area contributed by atoms with Crippen LogP contribution in [0.15, 0.2) is 42.6 Å². The maximum Gasteiger partial charge on any atom is 0.101 e. The molecule has 0 fully saturated rings. The van der Waals surface area contributed by atoms with Crippen molar-refractivity contribution in [2.24, 2.45) is 0 Å². The molecule has 0 amide bonds. The standard InChI is InChI=1S/C12H9N3/c13-7-9-6-11(14)12(15-8-9)10-4-2-1-3-5-10/h1-6,8H,14H2. The van der Waals surface area contributed by atoms with Crippen molar-refractivity contribution < 1.29 is 0 Å². The Morgan fingerprint density at radius 1 is 1.20 bits per heavy atom. The summed E-state index contributed by atoms with van der Waals surface area (Å²) in [5, 5.41) is 8.68. The molecule has 0 aliphatic rings. The molecule has 3 heteroatoms. The monoisotopic (exact) mass is 195 g/mol. The van der Waals surface area contributed by atoms with Crippen molar-refractivity contribution in [2.45, 2.75) is 0 Å². The highest BCUT2D eigenvalue weighted by Crippen LogP contribution is 2.23. The van der Waals surface area contributed by atoms with Crippen molar-refractivity contribution in [3.8, 4) is 17.3 Å². The van der Waals surface area contributed by atoms with E-state index in [0.717, 1.165) is 11.3 Å². The van der Waals surface area contributed by atoms with Crippen molar-refractivity contribution in [1.82, 2.24) is 4.98 Å². The van der Waals surface area contributed by atoms with Crippen molar-refractivity contribution in [1.29, 1.82) is 5.26 Å². The van der Waals surface area contributed by atoms with Crippen LogP contribution in [-0.2, 0) is 0 Å². The molecule has 0 saturated carbocycles. The Labute approximate surface area is 87.8 Å². The molecule has 0 aliphatic carbocycles. The first-order chi connectivity index (χ1) is 7.31. The van der Waals surface area contributed by atoms with Crippen molar-refractivity contribution >= 4 is 5.69 Å². The zero-order valence-corrected chi connectivity index (χ0v) is 8.01. The Kier molecular flexibility index (Phi) is 2.34. The minimum absolute atomic E-state index is 0.479. The van der Waals surface area contributed by atoms with Crippen LogP contribution >= 0.6 is 0 Å². The van der Waals surface area contributed by atoms with Gasteiger partial charge in [-0.15, -0.1) is 0 Å². The van der Waals surface area contributed by atoms with E-state index in [4.69, 9.17) is 11.0 Å². The van der Waals surface area contributed by atoms with E-state index in [1.807, 2.05) is 36.4 Å². The molecule has 1 heterocycles. The van der Waals surface area contributed by atoms with Crippen LogP contribution < -0.4 is 5.73 Å². The third-order valence-electron chi connectivity index (χ3n) is 2.09. The Morgan fingerprint density at radius 3 is 2.53 bits per heavy atom. The first-order valence-electron chi connectivity index (χ1n) is 4.52.